The van der Waals surface area contributed by atoms with Crippen LogP contribution in [0.4, 0.5) is 5.69 Å². The van der Waals surface area contributed by atoms with E-state index in [0.717, 1.165) is 0 Å². The summed E-state index contributed by atoms with van der Waals surface area (Å²) in [6.45, 7) is 2.00. The first-order chi connectivity index (χ1) is 9.90. The Hall–Kier alpha value is -2.35. The number of hydrogen-bond donors (Lipinski definition) is 1. The Bertz CT molecular complexity index is 521. The summed E-state index contributed by atoms with van der Waals surface area (Å²) in [5.74, 6) is 0.165. The van der Waals surface area contributed by atoms with E-state index >= 15 is 0 Å². The Morgan fingerprint density at radius 1 is 1.52 bits per heavy atom. The molecule has 0 aromatic heterocycles. The third kappa shape index (κ3) is 4.32. The van der Waals surface area contributed by atoms with Gasteiger partial charge in [-0.05, 0) is 13.0 Å². The number of ether oxygens (including phenoxy) is 2. The maximum absolute atomic E-state index is 11.9. The van der Waals surface area contributed by atoms with Crippen molar-refractivity contribution in [3.8, 4) is 11.5 Å². The van der Waals surface area contributed by atoms with E-state index < -0.39 is 4.92 Å². The molecule has 1 rings (SSSR count). The zero-order valence-corrected chi connectivity index (χ0v) is 12.2. The van der Waals surface area contributed by atoms with Crippen LogP contribution >= 0.6 is 0 Å². The maximum Gasteiger partial charge on any atom is 0.311 e. The van der Waals surface area contributed by atoms with Crippen molar-refractivity contribution in [3.63, 3.8) is 0 Å². The summed E-state index contributed by atoms with van der Waals surface area (Å²) in [7, 11) is 2.97. The highest BCUT2D eigenvalue weighted by Crippen LogP contribution is 2.30. The number of likely N-dealkylation sites (N-methyl/N-ethyl adjacent to an activating group) is 1. The fourth-order valence-corrected chi connectivity index (χ4v) is 1.55. The lowest BCUT2D eigenvalue weighted by Crippen LogP contribution is -2.42. The zero-order chi connectivity index (χ0) is 16.0. The fraction of sp³-hybridized carbons (Fsp3) is 0.462. The molecular weight excluding hydrogens is 278 g/mol. The van der Waals surface area contributed by atoms with Gasteiger partial charge < -0.3 is 20.1 Å². The molecule has 0 heterocycles. The van der Waals surface area contributed by atoms with Crippen molar-refractivity contribution in [1.82, 2.24) is 4.90 Å². The molecule has 0 saturated heterocycles. The highest BCUT2D eigenvalue weighted by molar-refractivity contribution is 5.77. The van der Waals surface area contributed by atoms with Crippen LogP contribution in [-0.2, 0) is 4.79 Å². The molecule has 0 aliphatic carbocycles. The van der Waals surface area contributed by atoms with E-state index in [-0.39, 0.29) is 30.0 Å². The van der Waals surface area contributed by atoms with E-state index in [1.165, 1.54) is 30.2 Å². The lowest BCUT2D eigenvalue weighted by Gasteiger charge is -2.23. The van der Waals surface area contributed by atoms with Crippen molar-refractivity contribution in [2.75, 3.05) is 27.3 Å². The predicted octanol–water partition coefficient (Wildman–Crippen LogP) is 0.788. The van der Waals surface area contributed by atoms with E-state index in [2.05, 4.69) is 0 Å². The quantitative estimate of drug-likeness (QED) is 0.588. The molecule has 0 fully saturated rings. The summed E-state index contributed by atoms with van der Waals surface area (Å²) in [4.78, 5) is 23.6. The molecule has 1 unspecified atom stereocenters. The second-order valence-corrected chi connectivity index (χ2v) is 4.47. The Morgan fingerprint density at radius 3 is 2.71 bits per heavy atom. The number of methoxy groups -OCH3 is 1. The molecule has 1 aromatic rings. The molecule has 0 saturated carbocycles. The first-order valence-electron chi connectivity index (χ1n) is 6.31. The normalized spacial score (nSPS) is 11.6. The minimum Gasteiger partial charge on any atom is -0.490 e. The number of carbonyl (C=O) groups is 1. The molecule has 0 radical (unpaired) electrons. The number of rotatable bonds is 7. The highest BCUT2D eigenvalue weighted by Gasteiger charge is 2.17. The van der Waals surface area contributed by atoms with Gasteiger partial charge in [0, 0.05) is 31.8 Å². The van der Waals surface area contributed by atoms with E-state index in [9.17, 15) is 14.9 Å². The van der Waals surface area contributed by atoms with Gasteiger partial charge in [0.25, 0.3) is 5.91 Å². The Labute approximate surface area is 122 Å². The first-order valence-corrected chi connectivity index (χ1v) is 6.31. The van der Waals surface area contributed by atoms with Crippen LogP contribution in [0.3, 0.4) is 0 Å². The van der Waals surface area contributed by atoms with Gasteiger partial charge in [0.05, 0.1) is 12.0 Å². The molecular formula is C13H19N3O5. The summed E-state index contributed by atoms with van der Waals surface area (Å²) in [5, 5.41) is 10.8. The molecule has 2 N–H and O–H groups in total. The van der Waals surface area contributed by atoms with E-state index in [1.807, 2.05) is 6.92 Å². The maximum atomic E-state index is 11.9. The van der Waals surface area contributed by atoms with Crippen molar-refractivity contribution >= 4 is 11.6 Å². The molecule has 0 spiro atoms. The number of benzene rings is 1. The van der Waals surface area contributed by atoms with Gasteiger partial charge in [-0.1, -0.05) is 0 Å². The van der Waals surface area contributed by atoms with Crippen molar-refractivity contribution in [2.24, 2.45) is 5.73 Å². The number of carbonyl (C=O) groups excluding carboxylic acids is 1. The lowest BCUT2D eigenvalue weighted by molar-refractivity contribution is -0.385. The molecule has 1 amide bonds. The lowest BCUT2D eigenvalue weighted by atomic mass is 10.3. The van der Waals surface area contributed by atoms with Crippen LogP contribution in [0.1, 0.15) is 6.92 Å². The van der Waals surface area contributed by atoms with Crippen LogP contribution in [0.2, 0.25) is 0 Å². The first kappa shape index (κ1) is 16.7. The van der Waals surface area contributed by atoms with Gasteiger partial charge in [0.15, 0.2) is 6.61 Å². The summed E-state index contributed by atoms with van der Waals surface area (Å²) in [5.41, 5.74) is 5.32. The monoisotopic (exact) mass is 297 g/mol. The third-order valence-electron chi connectivity index (χ3n) is 3.11. The van der Waals surface area contributed by atoms with Gasteiger partial charge in [0.2, 0.25) is 5.75 Å². The molecule has 0 aliphatic rings. The summed E-state index contributed by atoms with van der Waals surface area (Å²) >= 11 is 0. The van der Waals surface area contributed by atoms with Crippen molar-refractivity contribution in [1.29, 1.82) is 0 Å². The average molecular weight is 297 g/mol. The van der Waals surface area contributed by atoms with Gasteiger partial charge in [0.1, 0.15) is 5.75 Å². The molecule has 0 aliphatic heterocycles. The topological polar surface area (TPSA) is 108 Å². The molecule has 8 nitrogen and oxygen atoms in total. The number of nitrogens with zero attached hydrogens (tertiary/aromatic N) is 2. The third-order valence-corrected chi connectivity index (χ3v) is 3.11. The van der Waals surface area contributed by atoms with Crippen LogP contribution < -0.4 is 15.2 Å². The molecule has 116 valence electrons. The van der Waals surface area contributed by atoms with Gasteiger partial charge in [-0.25, -0.2) is 0 Å². The number of amides is 1. The number of hydrogen-bond acceptors (Lipinski definition) is 6. The fourth-order valence-electron chi connectivity index (χ4n) is 1.55. The van der Waals surface area contributed by atoms with Crippen LogP contribution in [0.5, 0.6) is 11.5 Å². The Kier molecular flexibility index (Phi) is 5.92. The van der Waals surface area contributed by atoms with Crippen LogP contribution in [0, 0.1) is 10.1 Å². The molecule has 1 atom stereocenters. The van der Waals surface area contributed by atoms with E-state index in [4.69, 9.17) is 15.2 Å². The van der Waals surface area contributed by atoms with Crippen molar-refractivity contribution < 1.29 is 19.2 Å². The van der Waals surface area contributed by atoms with Crippen LogP contribution in [0.15, 0.2) is 18.2 Å². The molecule has 1 aromatic carbocycles. The van der Waals surface area contributed by atoms with Crippen LogP contribution in [-0.4, -0.2) is 49.1 Å². The average Bonchev–Trinajstić information content (AvgIpc) is 2.50. The summed E-state index contributed by atoms with van der Waals surface area (Å²) in [6, 6.07) is 3.97. The SMILES string of the molecule is COc1cc(OCC(=O)N(C)C(C)CN)ccc1[N+](=O)[O-]. The number of nitro benzene ring substituents is 1. The molecule has 8 heteroatoms. The van der Waals surface area contributed by atoms with E-state index in [0.29, 0.717) is 12.3 Å². The number of nitrogens with two attached hydrogens (primary N) is 1. The largest absolute Gasteiger partial charge is 0.490 e. The predicted molar refractivity (Wildman–Crippen MR) is 76.4 cm³/mol. The second-order valence-electron chi connectivity index (χ2n) is 4.47. The van der Waals surface area contributed by atoms with E-state index in [1.54, 1.807) is 7.05 Å². The van der Waals surface area contributed by atoms with Crippen molar-refractivity contribution in [2.45, 2.75) is 13.0 Å². The molecule has 0 bridgehead atoms. The standard InChI is InChI=1S/C13H19N3O5/c1-9(7-14)15(2)13(17)8-21-10-4-5-11(16(18)19)12(6-10)20-3/h4-6,9H,7-8,14H2,1-3H3. The second kappa shape index (κ2) is 7.44. The highest BCUT2D eigenvalue weighted by atomic mass is 16.6. The summed E-state index contributed by atoms with van der Waals surface area (Å²) in [6.07, 6.45) is 0. The zero-order valence-electron chi connectivity index (χ0n) is 12.2. The van der Waals surface area contributed by atoms with Gasteiger partial charge in [-0.15, -0.1) is 0 Å². The Balaban J connectivity index is 2.72. The molecule has 21 heavy (non-hydrogen) atoms. The Morgan fingerprint density at radius 2 is 2.19 bits per heavy atom. The van der Waals surface area contributed by atoms with Crippen molar-refractivity contribution in [3.05, 3.63) is 28.3 Å². The van der Waals surface area contributed by atoms with Gasteiger partial charge in [-0.2, -0.15) is 0 Å². The minimum absolute atomic E-state index is 0.0774. The minimum atomic E-state index is -0.551. The van der Waals surface area contributed by atoms with Crippen LogP contribution in [0.25, 0.3) is 0 Å². The van der Waals surface area contributed by atoms with Gasteiger partial charge in [-0.3, -0.25) is 14.9 Å². The van der Waals surface area contributed by atoms with Gasteiger partial charge >= 0.3 is 5.69 Å². The number of nitro groups is 1. The summed E-state index contributed by atoms with van der Waals surface area (Å²) < 4.78 is 10.2. The smallest absolute Gasteiger partial charge is 0.311 e.